The molecule has 0 saturated carbocycles. The van der Waals surface area contributed by atoms with Crippen molar-refractivity contribution in [1.82, 2.24) is 0 Å². The van der Waals surface area contributed by atoms with Gasteiger partial charge in [0.1, 0.15) is 0 Å². The summed E-state index contributed by atoms with van der Waals surface area (Å²) in [5.74, 6) is 1.11. The van der Waals surface area contributed by atoms with Crippen molar-refractivity contribution >= 4 is 11.8 Å². The van der Waals surface area contributed by atoms with Gasteiger partial charge in [0.05, 0.1) is 24.7 Å². The fourth-order valence-electron chi connectivity index (χ4n) is 1.95. The first-order valence-corrected chi connectivity index (χ1v) is 6.29. The van der Waals surface area contributed by atoms with Gasteiger partial charge in [0.25, 0.3) is 5.70 Å². The summed E-state index contributed by atoms with van der Waals surface area (Å²) in [5.41, 5.74) is 1.25. The fourth-order valence-corrected chi connectivity index (χ4v) is 1.95. The van der Waals surface area contributed by atoms with Gasteiger partial charge in [-0.05, 0) is 29.8 Å². The molecule has 5 nitrogen and oxygen atoms in total. The lowest BCUT2D eigenvalue weighted by atomic mass is 10.1. The summed E-state index contributed by atoms with van der Waals surface area (Å²) in [4.78, 5) is 10.9. The van der Waals surface area contributed by atoms with Gasteiger partial charge in [-0.15, -0.1) is 0 Å². The number of methoxy groups -OCH3 is 2. The van der Waals surface area contributed by atoms with Crippen molar-refractivity contribution in [1.29, 1.82) is 0 Å². The van der Waals surface area contributed by atoms with Crippen LogP contribution in [0.25, 0.3) is 11.8 Å². The molecule has 0 bridgehead atoms. The van der Waals surface area contributed by atoms with Crippen LogP contribution in [0.15, 0.2) is 48.5 Å². The highest BCUT2D eigenvalue weighted by Crippen LogP contribution is 2.29. The van der Waals surface area contributed by atoms with Crippen LogP contribution in [0.2, 0.25) is 0 Å². The second-order valence-electron chi connectivity index (χ2n) is 4.27. The zero-order valence-corrected chi connectivity index (χ0v) is 11.8. The molecule has 2 aromatic rings. The Hall–Kier alpha value is -2.82. The van der Waals surface area contributed by atoms with Crippen molar-refractivity contribution in [2.24, 2.45) is 0 Å². The van der Waals surface area contributed by atoms with Gasteiger partial charge in [0, 0.05) is 6.08 Å². The van der Waals surface area contributed by atoms with Crippen LogP contribution in [0.1, 0.15) is 11.1 Å². The normalized spacial score (nSPS) is 11.0. The van der Waals surface area contributed by atoms with E-state index < -0.39 is 4.92 Å². The zero-order valence-electron chi connectivity index (χ0n) is 11.8. The molecule has 5 heteroatoms. The standard InChI is InChI=1S/C16H15NO4/c1-20-15-9-8-12(11-16(15)21-2)10-14(17(18)19)13-6-4-3-5-7-13/h3-11H,1-2H3/b14-10+. The average Bonchev–Trinajstić information content (AvgIpc) is 2.52. The molecule has 0 aliphatic rings. The molecule has 0 aliphatic carbocycles. The van der Waals surface area contributed by atoms with Gasteiger partial charge in [-0.1, -0.05) is 24.3 Å². The molecule has 0 heterocycles. The van der Waals surface area contributed by atoms with E-state index in [4.69, 9.17) is 9.47 Å². The van der Waals surface area contributed by atoms with E-state index in [-0.39, 0.29) is 5.70 Å². The summed E-state index contributed by atoms with van der Waals surface area (Å²) in [6, 6.07) is 13.9. The predicted octanol–water partition coefficient (Wildman–Crippen LogP) is 3.48. The van der Waals surface area contributed by atoms with Crippen LogP contribution in [-0.4, -0.2) is 19.1 Å². The lowest BCUT2D eigenvalue weighted by Crippen LogP contribution is -1.98. The third-order valence-corrected chi connectivity index (χ3v) is 2.98. The molecule has 2 aromatic carbocycles. The number of hydrogen-bond donors (Lipinski definition) is 0. The topological polar surface area (TPSA) is 61.6 Å². The van der Waals surface area contributed by atoms with Crippen LogP contribution in [0.4, 0.5) is 0 Å². The van der Waals surface area contributed by atoms with Crippen molar-refractivity contribution < 1.29 is 14.4 Å². The highest BCUT2D eigenvalue weighted by molar-refractivity contribution is 5.77. The molecule has 0 aromatic heterocycles. The van der Waals surface area contributed by atoms with E-state index in [1.54, 1.807) is 49.6 Å². The molecule has 108 valence electrons. The number of benzene rings is 2. The number of ether oxygens (including phenoxy) is 2. The van der Waals surface area contributed by atoms with Crippen LogP contribution in [0, 0.1) is 10.1 Å². The van der Waals surface area contributed by atoms with Gasteiger partial charge in [-0.3, -0.25) is 10.1 Å². The molecule has 0 unspecified atom stereocenters. The first kappa shape index (κ1) is 14.6. The van der Waals surface area contributed by atoms with Crippen LogP contribution < -0.4 is 9.47 Å². The third-order valence-electron chi connectivity index (χ3n) is 2.98. The molecule has 0 aliphatic heterocycles. The predicted molar refractivity (Wildman–Crippen MR) is 80.9 cm³/mol. The monoisotopic (exact) mass is 285 g/mol. The quantitative estimate of drug-likeness (QED) is 0.479. The number of nitrogens with zero attached hydrogens (tertiary/aromatic N) is 1. The van der Waals surface area contributed by atoms with E-state index in [2.05, 4.69) is 0 Å². The summed E-state index contributed by atoms with van der Waals surface area (Å²) in [6.07, 6.45) is 1.51. The number of rotatable bonds is 5. The number of nitro groups is 1. The van der Waals surface area contributed by atoms with Crippen molar-refractivity contribution in [3.8, 4) is 11.5 Å². The molecular formula is C16H15NO4. The SMILES string of the molecule is COc1ccc(/C=C(\c2ccccc2)[N+](=O)[O-])cc1OC. The summed E-state index contributed by atoms with van der Waals surface area (Å²) in [5, 5.41) is 11.3. The van der Waals surface area contributed by atoms with E-state index in [0.717, 1.165) is 0 Å². The van der Waals surface area contributed by atoms with Crippen LogP contribution in [0.5, 0.6) is 11.5 Å². The Morgan fingerprint density at radius 3 is 2.29 bits per heavy atom. The minimum absolute atomic E-state index is 0.0304. The van der Waals surface area contributed by atoms with Gasteiger partial charge in [0.2, 0.25) is 0 Å². The molecule has 0 N–H and O–H groups in total. The lowest BCUT2D eigenvalue weighted by molar-refractivity contribution is -0.374. The van der Waals surface area contributed by atoms with E-state index >= 15 is 0 Å². The first-order valence-electron chi connectivity index (χ1n) is 6.29. The summed E-state index contributed by atoms with van der Waals surface area (Å²) >= 11 is 0. The molecule has 0 fully saturated rings. The summed E-state index contributed by atoms with van der Waals surface area (Å²) in [7, 11) is 3.07. The van der Waals surface area contributed by atoms with Crippen molar-refractivity contribution in [2.75, 3.05) is 14.2 Å². The van der Waals surface area contributed by atoms with E-state index in [1.165, 1.54) is 13.2 Å². The van der Waals surface area contributed by atoms with Crippen LogP contribution in [0.3, 0.4) is 0 Å². The Bertz CT molecular complexity index is 665. The maximum atomic E-state index is 11.3. The van der Waals surface area contributed by atoms with Crippen LogP contribution in [-0.2, 0) is 0 Å². The van der Waals surface area contributed by atoms with Gasteiger partial charge in [-0.25, -0.2) is 0 Å². The molecule has 2 rings (SSSR count). The van der Waals surface area contributed by atoms with Gasteiger partial charge in [0.15, 0.2) is 11.5 Å². The maximum absolute atomic E-state index is 11.3. The zero-order chi connectivity index (χ0) is 15.2. The van der Waals surface area contributed by atoms with E-state index in [9.17, 15) is 10.1 Å². The molecule has 0 saturated heterocycles. The lowest BCUT2D eigenvalue weighted by Gasteiger charge is -2.07. The van der Waals surface area contributed by atoms with E-state index in [1.807, 2.05) is 6.07 Å². The van der Waals surface area contributed by atoms with Crippen LogP contribution >= 0.6 is 0 Å². The molecule has 21 heavy (non-hydrogen) atoms. The molecule has 0 spiro atoms. The van der Waals surface area contributed by atoms with E-state index in [0.29, 0.717) is 22.6 Å². The minimum atomic E-state index is -0.397. The third kappa shape index (κ3) is 3.39. The molecular weight excluding hydrogens is 270 g/mol. The Kier molecular flexibility index (Phi) is 4.56. The minimum Gasteiger partial charge on any atom is -0.493 e. The van der Waals surface area contributed by atoms with Gasteiger partial charge < -0.3 is 9.47 Å². The molecule has 0 amide bonds. The Labute approximate surface area is 122 Å². The Morgan fingerprint density at radius 1 is 1.05 bits per heavy atom. The maximum Gasteiger partial charge on any atom is 0.277 e. The number of hydrogen-bond acceptors (Lipinski definition) is 4. The molecule has 0 radical (unpaired) electrons. The Morgan fingerprint density at radius 2 is 1.71 bits per heavy atom. The summed E-state index contributed by atoms with van der Waals surface area (Å²) in [6.45, 7) is 0. The first-order chi connectivity index (χ1) is 10.2. The van der Waals surface area contributed by atoms with Crippen molar-refractivity contribution in [3.63, 3.8) is 0 Å². The smallest absolute Gasteiger partial charge is 0.277 e. The highest BCUT2D eigenvalue weighted by atomic mass is 16.6. The second kappa shape index (κ2) is 6.56. The summed E-state index contributed by atoms with van der Waals surface area (Å²) < 4.78 is 10.3. The highest BCUT2D eigenvalue weighted by Gasteiger charge is 2.14. The van der Waals surface area contributed by atoms with Crippen molar-refractivity contribution in [3.05, 3.63) is 69.8 Å². The second-order valence-corrected chi connectivity index (χ2v) is 4.27. The van der Waals surface area contributed by atoms with Gasteiger partial charge >= 0.3 is 0 Å². The Balaban J connectivity index is 2.46. The largest absolute Gasteiger partial charge is 0.493 e. The fraction of sp³-hybridized carbons (Fsp3) is 0.125. The van der Waals surface area contributed by atoms with Gasteiger partial charge in [-0.2, -0.15) is 0 Å². The average molecular weight is 285 g/mol. The van der Waals surface area contributed by atoms with Crippen molar-refractivity contribution in [2.45, 2.75) is 0 Å². The molecule has 0 atom stereocenters.